The highest BCUT2D eigenvalue weighted by Gasteiger charge is 2.24. The molecule has 3 heteroatoms. The molecule has 0 N–H and O–H groups in total. The van der Waals surface area contributed by atoms with Crippen LogP contribution in [0.2, 0.25) is 0 Å². The van der Waals surface area contributed by atoms with E-state index in [0.717, 1.165) is 31.7 Å². The van der Waals surface area contributed by atoms with Gasteiger partial charge in [-0.3, -0.25) is 4.79 Å². The molecule has 1 aromatic carbocycles. The summed E-state index contributed by atoms with van der Waals surface area (Å²) in [7, 11) is 0. The molecular formula is C18H27NO2. The lowest BCUT2D eigenvalue weighted by molar-refractivity contribution is -0.134. The number of carbonyl (C=O) groups is 1. The van der Waals surface area contributed by atoms with E-state index in [2.05, 4.69) is 32.9 Å². The van der Waals surface area contributed by atoms with Crippen molar-refractivity contribution in [1.29, 1.82) is 0 Å². The van der Waals surface area contributed by atoms with E-state index < -0.39 is 0 Å². The van der Waals surface area contributed by atoms with Crippen LogP contribution >= 0.6 is 0 Å². The van der Waals surface area contributed by atoms with Gasteiger partial charge in [-0.2, -0.15) is 0 Å². The molecule has 1 heterocycles. The Morgan fingerprint density at radius 3 is 2.95 bits per heavy atom. The first kappa shape index (κ1) is 15.9. The van der Waals surface area contributed by atoms with Crippen molar-refractivity contribution in [2.24, 2.45) is 11.8 Å². The van der Waals surface area contributed by atoms with Crippen molar-refractivity contribution in [3.63, 3.8) is 0 Å². The average molecular weight is 289 g/mol. The van der Waals surface area contributed by atoms with Crippen LogP contribution in [0.5, 0.6) is 5.75 Å². The van der Waals surface area contributed by atoms with E-state index in [0.29, 0.717) is 30.8 Å². The molecular weight excluding hydrogens is 262 g/mol. The SMILES string of the molecule is Cc1cccc(OCC2CCCN(C(=O)CC(C)C)C2)c1. The second-order valence-electron chi connectivity index (χ2n) is 6.57. The third kappa shape index (κ3) is 5.07. The normalized spacial score (nSPS) is 18.9. The molecule has 116 valence electrons. The standard InChI is InChI=1S/C18H27NO2/c1-14(2)10-18(20)19-9-5-7-16(12-19)13-21-17-8-4-6-15(3)11-17/h4,6,8,11,14,16H,5,7,9-10,12-13H2,1-3H3. The monoisotopic (exact) mass is 289 g/mol. The number of likely N-dealkylation sites (tertiary alicyclic amines) is 1. The van der Waals surface area contributed by atoms with Crippen LogP contribution in [0.4, 0.5) is 0 Å². The Labute approximate surface area is 128 Å². The first-order chi connectivity index (χ1) is 10.0. The van der Waals surface area contributed by atoms with Crippen molar-refractivity contribution >= 4 is 5.91 Å². The number of hydrogen-bond donors (Lipinski definition) is 0. The number of carbonyl (C=O) groups excluding carboxylic acids is 1. The van der Waals surface area contributed by atoms with Gasteiger partial charge in [-0.25, -0.2) is 0 Å². The number of amides is 1. The number of benzene rings is 1. The number of piperidine rings is 1. The minimum atomic E-state index is 0.297. The van der Waals surface area contributed by atoms with Crippen molar-refractivity contribution in [3.05, 3.63) is 29.8 Å². The average Bonchev–Trinajstić information content (AvgIpc) is 2.45. The molecule has 1 amide bonds. The van der Waals surface area contributed by atoms with Crippen LogP contribution in [0.1, 0.15) is 38.7 Å². The van der Waals surface area contributed by atoms with Crippen LogP contribution in [-0.4, -0.2) is 30.5 Å². The summed E-state index contributed by atoms with van der Waals surface area (Å²) in [6.45, 7) is 8.72. The molecule has 21 heavy (non-hydrogen) atoms. The van der Waals surface area contributed by atoms with Gasteiger partial charge in [0.2, 0.25) is 5.91 Å². The smallest absolute Gasteiger partial charge is 0.222 e. The number of ether oxygens (including phenoxy) is 1. The maximum atomic E-state index is 12.2. The second kappa shape index (κ2) is 7.48. The predicted octanol–water partition coefficient (Wildman–Crippen LogP) is 3.66. The summed E-state index contributed by atoms with van der Waals surface area (Å²) in [5.41, 5.74) is 1.21. The molecule has 0 aromatic heterocycles. The molecule has 0 bridgehead atoms. The molecule has 1 saturated heterocycles. The van der Waals surface area contributed by atoms with E-state index in [9.17, 15) is 4.79 Å². The largest absolute Gasteiger partial charge is 0.493 e. The topological polar surface area (TPSA) is 29.5 Å². The fraction of sp³-hybridized carbons (Fsp3) is 0.611. The Kier molecular flexibility index (Phi) is 5.66. The maximum absolute atomic E-state index is 12.2. The number of nitrogens with zero attached hydrogens (tertiary/aromatic N) is 1. The molecule has 1 aliphatic rings. The van der Waals surface area contributed by atoms with Crippen LogP contribution in [0, 0.1) is 18.8 Å². The Morgan fingerprint density at radius 2 is 2.24 bits per heavy atom. The summed E-state index contributed by atoms with van der Waals surface area (Å²) in [4.78, 5) is 14.2. The van der Waals surface area contributed by atoms with E-state index in [1.807, 2.05) is 17.0 Å². The van der Waals surface area contributed by atoms with Crippen molar-refractivity contribution in [2.45, 2.75) is 40.0 Å². The van der Waals surface area contributed by atoms with Crippen LogP contribution in [-0.2, 0) is 4.79 Å². The Morgan fingerprint density at radius 1 is 1.43 bits per heavy atom. The summed E-state index contributed by atoms with van der Waals surface area (Å²) >= 11 is 0. The molecule has 0 aliphatic carbocycles. The van der Waals surface area contributed by atoms with Crippen LogP contribution in [0.25, 0.3) is 0 Å². The Bertz CT molecular complexity index is 470. The molecule has 3 nitrogen and oxygen atoms in total. The molecule has 1 aromatic rings. The van der Waals surface area contributed by atoms with Gasteiger partial charge in [0.15, 0.2) is 0 Å². The van der Waals surface area contributed by atoms with Gasteiger partial charge in [0.05, 0.1) is 6.61 Å². The van der Waals surface area contributed by atoms with E-state index in [-0.39, 0.29) is 0 Å². The first-order valence-electron chi connectivity index (χ1n) is 8.02. The Balaban J connectivity index is 1.82. The zero-order valence-corrected chi connectivity index (χ0v) is 13.5. The molecule has 1 aliphatic heterocycles. The quantitative estimate of drug-likeness (QED) is 0.828. The molecule has 1 fully saturated rings. The lowest BCUT2D eigenvalue weighted by atomic mass is 9.98. The summed E-state index contributed by atoms with van der Waals surface area (Å²) in [6, 6.07) is 8.14. The predicted molar refractivity (Wildman–Crippen MR) is 85.4 cm³/mol. The van der Waals surface area contributed by atoms with Crippen molar-refractivity contribution < 1.29 is 9.53 Å². The van der Waals surface area contributed by atoms with Gasteiger partial charge in [-0.1, -0.05) is 26.0 Å². The number of rotatable bonds is 5. The van der Waals surface area contributed by atoms with E-state index in [4.69, 9.17) is 4.74 Å². The van der Waals surface area contributed by atoms with E-state index >= 15 is 0 Å². The summed E-state index contributed by atoms with van der Waals surface area (Å²) in [5.74, 6) is 2.11. The van der Waals surface area contributed by atoms with Gasteiger partial charge in [0, 0.05) is 25.4 Å². The van der Waals surface area contributed by atoms with Crippen molar-refractivity contribution in [1.82, 2.24) is 4.90 Å². The lowest BCUT2D eigenvalue weighted by Gasteiger charge is -2.33. The molecule has 0 spiro atoms. The number of hydrogen-bond acceptors (Lipinski definition) is 2. The summed E-state index contributed by atoms with van der Waals surface area (Å²) in [6.07, 6.45) is 2.90. The van der Waals surface area contributed by atoms with Crippen LogP contribution in [0.3, 0.4) is 0 Å². The van der Waals surface area contributed by atoms with Gasteiger partial charge < -0.3 is 9.64 Å². The third-order valence-electron chi connectivity index (χ3n) is 3.93. The van der Waals surface area contributed by atoms with Gasteiger partial charge in [-0.05, 0) is 43.4 Å². The minimum Gasteiger partial charge on any atom is -0.493 e. The van der Waals surface area contributed by atoms with Crippen LogP contribution in [0.15, 0.2) is 24.3 Å². The fourth-order valence-electron chi connectivity index (χ4n) is 2.83. The van der Waals surface area contributed by atoms with E-state index in [1.54, 1.807) is 0 Å². The summed E-state index contributed by atoms with van der Waals surface area (Å²) in [5, 5.41) is 0. The highest BCUT2D eigenvalue weighted by molar-refractivity contribution is 5.76. The van der Waals surface area contributed by atoms with Crippen molar-refractivity contribution in [3.8, 4) is 5.75 Å². The van der Waals surface area contributed by atoms with E-state index in [1.165, 1.54) is 5.56 Å². The zero-order chi connectivity index (χ0) is 15.2. The first-order valence-corrected chi connectivity index (χ1v) is 8.02. The van der Waals surface area contributed by atoms with Gasteiger partial charge in [0.25, 0.3) is 0 Å². The molecule has 1 unspecified atom stereocenters. The Hall–Kier alpha value is -1.51. The van der Waals surface area contributed by atoms with Gasteiger partial charge >= 0.3 is 0 Å². The van der Waals surface area contributed by atoms with Crippen LogP contribution < -0.4 is 4.74 Å². The molecule has 2 rings (SSSR count). The third-order valence-corrected chi connectivity index (χ3v) is 3.93. The highest BCUT2D eigenvalue weighted by atomic mass is 16.5. The summed E-state index contributed by atoms with van der Waals surface area (Å²) < 4.78 is 5.90. The second-order valence-corrected chi connectivity index (χ2v) is 6.57. The molecule has 0 saturated carbocycles. The number of aryl methyl sites for hydroxylation is 1. The van der Waals surface area contributed by atoms with Gasteiger partial charge in [0.1, 0.15) is 5.75 Å². The maximum Gasteiger partial charge on any atom is 0.222 e. The van der Waals surface area contributed by atoms with Crippen molar-refractivity contribution in [2.75, 3.05) is 19.7 Å². The fourth-order valence-corrected chi connectivity index (χ4v) is 2.83. The molecule has 1 atom stereocenters. The highest BCUT2D eigenvalue weighted by Crippen LogP contribution is 2.20. The van der Waals surface area contributed by atoms with Gasteiger partial charge in [-0.15, -0.1) is 0 Å². The minimum absolute atomic E-state index is 0.297. The zero-order valence-electron chi connectivity index (χ0n) is 13.5. The lowest BCUT2D eigenvalue weighted by Crippen LogP contribution is -2.41. The molecule has 0 radical (unpaired) electrons.